The van der Waals surface area contributed by atoms with Crippen LogP contribution in [0.3, 0.4) is 0 Å². The summed E-state index contributed by atoms with van der Waals surface area (Å²) < 4.78 is 0. The number of para-hydroxylation sites is 2. The number of hydrogen-bond acceptors (Lipinski definition) is 4. The number of thioether (sulfide) groups is 1. The van der Waals surface area contributed by atoms with Crippen molar-refractivity contribution in [1.82, 2.24) is 10.3 Å². The Morgan fingerprint density at radius 2 is 1.45 bits per heavy atom. The van der Waals surface area contributed by atoms with E-state index in [2.05, 4.69) is 41.8 Å². The van der Waals surface area contributed by atoms with Gasteiger partial charge in [-0.05, 0) is 61.3 Å². The number of urea groups is 2. The highest BCUT2D eigenvalue weighted by atomic mass is 32.2. The van der Waals surface area contributed by atoms with Gasteiger partial charge in [0.25, 0.3) is 0 Å². The zero-order valence-corrected chi connectivity index (χ0v) is 20.1. The van der Waals surface area contributed by atoms with Crippen LogP contribution in [0.5, 0.6) is 0 Å². The smallest absolute Gasteiger partial charge is 0.308 e. The van der Waals surface area contributed by atoms with E-state index in [1.807, 2.05) is 60.7 Å². The number of benzene rings is 2. The number of hydrazone groups is 1. The predicted octanol–water partition coefficient (Wildman–Crippen LogP) is 6.29. The summed E-state index contributed by atoms with van der Waals surface area (Å²) in [6, 6.07) is 17.9. The highest BCUT2D eigenvalue weighted by molar-refractivity contribution is 8.15. The van der Waals surface area contributed by atoms with Crippen molar-refractivity contribution in [1.29, 1.82) is 0 Å². The van der Waals surface area contributed by atoms with E-state index in [4.69, 9.17) is 0 Å². The number of carbonyl (C=O) groups excluding carboxylic acids is 2. The van der Waals surface area contributed by atoms with E-state index in [1.165, 1.54) is 11.8 Å². The van der Waals surface area contributed by atoms with Gasteiger partial charge in [-0.1, -0.05) is 68.9 Å². The highest BCUT2D eigenvalue weighted by Crippen LogP contribution is 2.51. The molecule has 2 aromatic carbocycles. The van der Waals surface area contributed by atoms with Gasteiger partial charge in [0.1, 0.15) is 4.87 Å². The first-order valence-corrected chi connectivity index (χ1v) is 12.1. The molecule has 2 aliphatic rings. The molecule has 0 atom stereocenters. The lowest BCUT2D eigenvalue weighted by atomic mass is 9.71. The van der Waals surface area contributed by atoms with Crippen LogP contribution in [0, 0.1) is 11.3 Å². The van der Waals surface area contributed by atoms with E-state index < -0.39 is 4.87 Å². The summed E-state index contributed by atoms with van der Waals surface area (Å²) in [4.78, 5) is 25.3. The van der Waals surface area contributed by atoms with Crippen LogP contribution in [0.4, 0.5) is 21.0 Å². The zero-order chi connectivity index (χ0) is 23.5. The molecule has 0 radical (unpaired) electrons. The van der Waals surface area contributed by atoms with Crippen molar-refractivity contribution in [3.63, 3.8) is 0 Å². The largest absolute Gasteiger partial charge is 0.343 e. The summed E-state index contributed by atoms with van der Waals surface area (Å²) in [6.07, 6.45) is 3.64. The van der Waals surface area contributed by atoms with Crippen molar-refractivity contribution in [2.24, 2.45) is 16.4 Å². The van der Waals surface area contributed by atoms with Crippen molar-refractivity contribution in [3.05, 3.63) is 60.7 Å². The molecule has 2 aromatic rings. The molecule has 1 aliphatic heterocycles. The maximum absolute atomic E-state index is 13.3. The number of amidine groups is 1. The van der Waals surface area contributed by atoms with Gasteiger partial charge in [0.15, 0.2) is 5.17 Å². The quantitative estimate of drug-likeness (QED) is 0.487. The van der Waals surface area contributed by atoms with E-state index in [9.17, 15) is 9.59 Å². The number of nitrogens with zero attached hydrogens (tertiary/aromatic N) is 2. The molecule has 0 bridgehead atoms. The van der Waals surface area contributed by atoms with Gasteiger partial charge in [-0.15, -0.1) is 5.10 Å². The molecule has 33 heavy (non-hydrogen) atoms. The molecule has 4 rings (SSSR count). The number of anilines is 2. The Morgan fingerprint density at radius 3 is 2.00 bits per heavy atom. The zero-order valence-electron chi connectivity index (χ0n) is 19.3. The maximum Gasteiger partial charge on any atom is 0.343 e. The molecule has 0 unspecified atom stereocenters. The van der Waals surface area contributed by atoms with Crippen molar-refractivity contribution >= 4 is 40.4 Å². The summed E-state index contributed by atoms with van der Waals surface area (Å²) in [5.41, 5.74) is 1.63. The summed E-state index contributed by atoms with van der Waals surface area (Å²) in [6.45, 7) is 6.82. The number of rotatable bonds is 2. The van der Waals surface area contributed by atoms with Crippen LogP contribution < -0.4 is 16.0 Å². The minimum atomic E-state index is -0.504. The third-order valence-corrected chi connectivity index (χ3v) is 7.66. The second-order valence-corrected chi connectivity index (χ2v) is 11.0. The average molecular weight is 466 g/mol. The fraction of sp³-hybridized carbons (Fsp3) is 0.400. The first-order chi connectivity index (χ1) is 15.7. The number of hydrogen-bond donors (Lipinski definition) is 3. The molecule has 1 aliphatic carbocycles. The molecule has 7 nitrogen and oxygen atoms in total. The number of nitrogens with one attached hydrogen (secondary N) is 3. The molecule has 1 heterocycles. The second-order valence-electron chi connectivity index (χ2n) is 9.65. The van der Waals surface area contributed by atoms with Crippen LogP contribution in [0.2, 0.25) is 0 Å². The summed E-state index contributed by atoms with van der Waals surface area (Å²) in [5.74, 6) is 0.584. The van der Waals surface area contributed by atoms with Gasteiger partial charge in [-0.3, -0.25) is 5.32 Å². The third-order valence-electron chi connectivity index (χ3n) is 6.32. The Balaban J connectivity index is 1.50. The number of amides is 4. The lowest BCUT2D eigenvalue weighted by molar-refractivity contribution is 0.101. The SMILES string of the molecule is CC(C)(C)C1CCC2(CC1)SC(NC(=O)Nc1ccccc1)=NN2C(=O)Nc1ccccc1. The maximum atomic E-state index is 13.3. The fourth-order valence-corrected chi connectivity index (χ4v) is 5.71. The molecule has 4 amide bonds. The molecule has 0 saturated heterocycles. The molecule has 3 N–H and O–H groups in total. The van der Waals surface area contributed by atoms with Crippen molar-refractivity contribution in [3.8, 4) is 0 Å². The molecular formula is C25H31N5O2S. The highest BCUT2D eigenvalue weighted by Gasteiger charge is 2.50. The van der Waals surface area contributed by atoms with Gasteiger partial charge in [-0.2, -0.15) is 5.01 Å². The van der Waals surface area contributed by atoms with E-state index in [-0.39, 0.29) is 17.5 Å². The molecule has 1 fully saturated rings. The van der Waals surface area contributed by atoms with Crippen LogP contribution in [0.15, 0.2) is 65.8 Å². The van der Waals surface area contributed by atoms with E-state index in [1.54, 1.807) is 5.01 Å². The third kappa shape index (κ3) is 5.50. The fourth-order valence-electron chi connectivity index (χ4n) is 4.43. The molecule has 1 saturated carbocycles. The molecular weight excluding hydrogens is 434 g/mol. The Kier molecular flexibility index (Phi) is 6.65. The van der Waals surface area contributed by atoms with Crippen molar-refractivity contribution < 1.29 is 9.59 Å². The summed E-state index contributed by atoms with van der Waals surface area (Å²) in [7, 11) is 0. The van der Waals surface area contributed by atoms with Crippen molar-refractivity contribution in [2.45, 2.75) is 51.3 Å². The number of carbonyl (C=O) groups is 2. The van der Waals surface area contributed by atoms with E-state index in [0.29, 0.717) is 22.5 Å². The summed E-state index contributed by atoms with van der Waals surface area (Å²) >= 11 is 1.48. The van der Waals surface area contributed by atoms with Crippen LogP contribution in [0.25, 0.3) is 0 Å². The van der Waals surface area contributed by atoms with Crippen molar-refractivity contribution in [2.75, 3.05) is 10.6 Å². The lowest BCUT2D eigenvalue weighted by Gasteiger charge is -2.44. The Labute approximate surface area is 199 Å². The van der Waals surface area contributed by atoms with Crippen LogP contribution in [-0.4, -0.2) is 27.1 Å². The molecule has 1 spiro atoms. The minimum absolute atomic E-state index is 0.222. The Hall–Kier alpha value is -3.00. The van der Waals surface area contributed by atoms with Gasteiger partial charge >= 0.3 is 12.1 Å². The first-order valence-electron chi connectivity index (χ1n) is 11.3. The second kappa shape index (κ2) is 9.47. The lowest BCUT2D eigenvalue weighted by Crippen LogP contribution is -2.48. The van der Waals surface area contributed by atoms with Crippen LogP contribution >= 0.6 is 11.8 Å². The van der Waals surface area contributed by atoms with E-state index in [0.717, 1.165) is 25.7 Å². The normalized spacial score (nSPS) is 22.6. The minimum Gasteiger partial charge on any atom is -0.308 e. The van der Waals surface area contributed by atoms with Crippen LogP contribution in [0.1, 0.15) is 46.5 Å². The van der Waals surface area contributed by atoms with Gasteiger partial charge in [0.05, 0.1) is 0 Å². The molecule has 174 valence electrons. The van der Waals surface area contributed by atoms with Gasteiger partial charge < -0.3 is 10.6 Å². The van der Waals surface area contributed by atoms with Gasteiger partial charge in [0, 0.05) is 11.4 Å². The monoisotopic (exact) mass is 465 g/mol. The standard InChI is InChI=1S/C25H31N5O2S/c1-24(2,3)18-14-16-25(17-15-18)30(23(32)27-20-12-8-5-9-13-20)29-22(33-25)28-21(31)26-19-10-6-4-7-11-19/h4-13,18H,14-17H2,1-3H3,(H,27,32)(H2,26,28,29,31). The van der Waals surface area contributed by atoms with Gasteiger partial charge in [-0.25, -0.2) is 9.59 Å². The average Bonchev–Trinajstić information content (AvgIpc) is 3.12. The summed E-state index contributed by atoms with van der Waals surface area (Å²) in [5, 5.41) is 15.1. The molecule has 8 heteroatoms. The topological polar surface area (TPSA) is 85.8 Å². The Morgan fingerprint density at radius 1 is 0.909 bits per heavy atom. The Bertz CT molecular complexity index is 1010. The predicted molar refractivity (Wildman–Crippen MR) is 135 cm³/mol. The molecule has 0 aromatic heterocycles. The van der Waals surface area contributed by atoms with E-state index >= 15 is 0 Å². The first kappa shape index (κ1) is 23.2. The van der Waals surface area contributed by atoms with Crippen LogP contribution in [-0.2, 0) is 0 Å². The van der Waals surface area contributed by atoms with Gasteiger partial charge in [0.2, 0.25) is 0 Å².